The molecule has 0 aromatic heterocycles. The lowest BCUT2D eigenvalue weighted by Crippen LogP contribution is -2.34. The van der Waals surface area contributed by atoms with Gasteiger partial charge in [0.2, 0.25) is 0 Å². The molecule has 0 aliphatic heterocycles. The predicted octanol–water partition coefficient (Wildman–Crippen LogP) is 2.66. The molecule has 2 rings (SSSR count). The van der Waals surface area contributed by atoms with Crippen molar-refractivity contribution in [3.05, 3.63) is 71.0 Å². The summed E-state index contributed by atoms with van der Waals surface area (Å²) in [5.41, 5.74) is -0.521. The van der Waals surface area contributed by atoms with Crippen molar-refractivity contribution in [2.24, 2.45) is 0 Å². The van der Waals surface area contributed by atoms with Gasteiger partial charge in [0.05, 0.1) is 5.56 Å². The zero-order chi connectivity index (χ0) is 16.3. The van der Waals surface area contributed by atoms with E-state index in [1.807, 2.05) is 0 Å². The number of benzene rings is 2. The number of carboxylic acid groups (broad SMARTS) is 1. The van der Waals surface area contributed by atoms with Crippen molar-refractivity contribution in [3.8, 4) is 0 Å². The molecule has 0 spiro atoms. The van der Waals surface area contributed by atoms with Gasteiger partial charge in [-0.25, -0.2) is 18.0 Å². The van der Waals surface area contributed by atoms with Crippen molar-refractivity contribution >= 4 is 11.9 Å². The van der Waals surface area contributed by atoms with Gasteiger partial charge >= 0.3 is 5.97 Å². The lowest BCUT2D eigenvalue weighted by molar-refractivity contribution is -0.139. The Morgan fingerprint density at radius 1 is 0.955 bits per heavy atom. The molecule has 4 nitrogen and oxygen atoms in total. The van der Waals surface area contributed by atoms with Crippen molar-refractivity contribution in [2.45, 2.75) is 6.04 Å². The van der Waals surface area contributed by atoms with Crippen LogP contribution < -0.4 is 5.32 Å². The lowest BCUT2D eigenvalue weighted by Gasteiger charge is -2.15. The van der Waals surface area contributed by atoms with E-state index in [1.165, 1.54) is 12.1 Å². The van der Waals surface area contributed by atoms with E-state index in [0.717, 1.165) is 6.07 Å². The van der Waals surface area contributed by atoms with Gasteiger partial charge in [-0.15, -0.1) is 0 Å². The molecule has 7 heteroatoms. The Labute approximate surface area is 123 Å². The van der Waals surface area contributed by atoms with Crippen LogP contribution in [0.25, 0.3) is 0 Å². The highest BCUT2D eigenvalue weighted by molar-refractivity contribution is 5.97. The molecule has 0 saturated heterocycles. The Balaban J connectivity index is 2.30. The molecule has 2 N–H and O–H groups in total. The fourth-order valence-corrected chi connectivity index (χ4v) is 1.84. The third-order valence-corrected chi connectivity index (χ3v) is 2.94. The van der Waals surface area contributed by atoms with Gasteiger partial charge in [-0.05, 0) is 17.7 Å². The predicted molar refractivity (Wildman–Crippen MR) is 70.6 cm³/mol. The highest BCUT2D eigenvalue weighted by Gasteiger charge is 2.25. The first-order chi connectivity index (χ1) is 10.4. The third-order valence-electron chi connectivity index (χ3n) is 2.94. The maximum Gasteiger partial charge on any atom is 0.330 e. The number of amides is 1. The van der Waals surface area contributed by atoms with Crippen LogP contribution in [0.15, 0.2) is 42.5 Å². The highest BCUT2D eigenvalue weighted by atomic mass is 19.2. The molecule has 1 atom stereocenters. The van der Waals surface area contributed by atoms with Crippen molar-refractivity contribution in [3.63, 3.8) is 0 Å². The molecule has 114 valence electrons. The molecule has 0 unspecified atom stereocenters. The number of carbonyl (C=O) groups excluding carboxylic acids is 1. The summed E-state index contributed by atoms with van der Waals surface area (Å²) in [6.45, 7) is 0. The molecule has 2 aromatic rings. The summed E-state index contributed by atoms with van der Waals surface area (Å²) in [5, 5.41) is 11.2. The number of carboxylic acids is 1. The van der Waals surface area contributed by atoms with Crippen molar-refractivity contribution in [1.29, 1.82) is 0 Å². The summed E-state index contributed by atoms with van der Waals surface area (Å²) in [6.07, 6.45) is 0. The lowest BCUT2D eigenvalue weighted by atomic mass is 10.1. The second kappa shape index (κ2) is 6.30. The van der Waals surface area contributed by atoms with Crippen LogP contribution in [-0.4, -0.2) is 17.0 Å². The summed E-state index contributed by atoms with van der Waals surface area (Å²) >= 11 is 0. The molecular weight excluding hydrogens is 299 g/mol. The van der Waals surface area contributed by atoms with Crippen LogP contribution in [0, 0.1) is 17.5 Å². The molecule has 1 amide bonds. The molecule has 2 aromatic carbocycles. The molecule has 0 radical (unpaired) electrons. The average Bonchev–Trinajstić information content (AvgIpc) is 2.50. The Kier molecular flexibility index (Phi) is 4.45. The zero-order valence-electron chi connectivity index (χ0n) is 11.0. The first-order valence-electron chi connectivity index (χ1n) is 6.14. The first kappa shape index (κ1) is 15.6. The largest absolute Gasteiger partial charge is 0.479 e. The highest BCUT2D eigenvalue weighted by Crippen LogP contribution is 2.18. The van der Waals surface area contributed by atoms with Crippen molar-refractivity contribution < 1.29 is 27.9 Å². The SMILES string of the molecule is O=C(N[C@H](C(=O)O)c1ccccc1)c1ccc(F)c(F)c1F. The summed E-state index contributed by atoms with van der Waals surface area (Å²) in [7, 11) is 0. The van der Waals surface area contributed by atoms with Gasteiger partial charge in [-0.2, -0.15) is 0 Å². The summed E-state index contributed by atoms with van der Waals surface area (Å²) in [4.78, 5) is 23.1. The van der Waals surface area contributed by atoms with Crippen LogP contribution >= 0.6 is 0 Å². The fraction of sp³-hybridized carbons (Fsp3) is 0.0667. The maximum atomic E-state index is 13.5. The third kappa shape index (κ3) is 3.08. The number of rotatable bonds is 4. The van der Waals surface area contributed by atoms with Crippen LogP contribution in [0.4, 0.5) is 13.2 Å². The van der Waals surface area contributed by atoms with E-state index < -0.39 is 40.9 Å². The standard InChI is InChI=1S/C15H10F3NO3/c16-10-7-6-9(11(17)12(10)18)14(20)19-13(15(21)22)8-4-2-1-3-5-8/h1-7,13H,(H,19,20)(H,21,22)/t13-/m0/s1. The number of hydrogen-bond acceptors (Lipinski definition) is 2. The van der Waals surface area contributed by atoms with Crippen LogP contribution in [0.2, 0.25) is 0 Å². The van der Waals surface area contributed by atoms with E-state index >= 15 is 0 Å². The molecule has 0 bridgehead atoms. The van der Waals surface area contributed by atoms with Crippen LogP contribution in [0.3, 0.4) is 0 Å². The summed E-state index contributed by atoms with van der Waals surface area (Å²) in [6, 6.07) is 7.59. The minimum absolute atomic E-state index is 0.256. The van der Waals surface area contributed by atoms with E-state index in [1.54, 1.807) is 18.2 Å². The molecule has 22 heavy (non-hydrogen) atoms. The van der Waals surface area contributed by atoms with E-state index in [2.05, 4.69) is 5.32 Å². The number of halogens is 3. The Bertz CT molecular complexity index is 719. The fourth-order valence-electron chi connectivity index (χ4n) is 1.84. The van der Waals surface area contributed by atoms with Crippen molar-refractivity contribution in [1.82, 2.24) is 5.32 Å². The van der Waals surface area contributed by atoms with Gasteiger partial charge in [0.1, 0.15) is 0 Å². The van der Waals surface area contributed by atoms with Crippen molar-refractivity contribution in [2.75, 3.05) is 0 Å². The molecule has 0 aliphatic rings. The van der Waals surface area contributed by atoms with Gasteiger partial charge in [0, 0.05) is 0 Å². The normalized spacial score (nSPS) is 11.8. The van der Waals surface area contributed by atoms with Gasteiger partial charge in [0.25, 0.3) is 5.91 Å². The average molecular weight is 309 g/mol. The minimum atomic E-state index is -1.79. The second-order valence-electron chi connectivity index (χ2n) is 4.38. The van der Waals surface area contributed by atoms with Crippen LogP contribution in [0.1, 0.15) is 22.0 Å². The molecule has 0 heterocycles. The second-order valence-corrected chi connectivity index (χ2v) is 4.38. The van der Waals surface area contributed by atoms with E-state index in [-0.39, 0.29) is 5.56 Å². The zero-order valence-corrected chi connectivity index (χ0v) is 11.0. The topological polar surface area (TPSA) is 66.4 Å². The van der Waals surface area contributed by atoms with Crippen LogP contribution in [0.5, 0.6) is 0 Å². The van der Waals surface area contributed by atoms with E-state index in [9.17, 15) is 22.8 Å². The Hall–Kier alpha value is -2.83. The van der Waals surface area contributed by atoms with Crippen LogP contribution in [-0.2, 0) is 4.79 Å². The monoisotopic (exact) mass is 309 g/mol. The maximum absolute atomic E-state index is 13.5. The van der Waals surface area contributed by atoms with E-state index in [4.69, 9.17) is 5.11 Å². The smallest absolute Gasteiger partial charge is 0.330 e. The van der Waals surface area contributed by atoms with E-state index in [0.29, 0.717) is 6.07 Å². The Morgan fingerprint density at radius 2 is 1.59 bits per heavy atom. The van der Waals surface area contributed by atoms with Gasteiger partial charge < -0.3 is 10.4 Å². The molecule has 0 fully saturated rings. The molecule has 0 aliphatic carbocycles. The molecular formula is C15H10F3NO3. The van der Waals surface area contributed by atoms with Gasteiger partial charge in [-0.3, -0.25) is 4.79 Å². The number of hydrogen-bond donors (Lipinski definition) is 2. The summed E-state index contributed by atoms with van der Waals surface area (Å²) < 4.78 is 39.5. The minimum Gasteiger partial charge on any atom is -0.479 e. The Morgan fingerprint density at radius 3 is 2.18 bits per heavy atom. The quantitative estimate of drug-likeness (QED) is 0.853. The molecule has 0 saturated carbocycles. The summed E-state index contributed by atoms with van der Waals surface area (Å²) in [5.74, 6) is -7.43. The van der Waals surface area contributed by atoms with Gasteiger partial charge in [-0.1, -0.05) is 30.3 Å². The first-order valence-corrected chi connectivity index (χ1v) is 6.14. The number of aliphatic carboxylic acids is 1. The number of nitrogens with one attached hydrogen (secondary N) is 1. The van der Waals surface area contributed by atoms with Gasteiger partial charge in [0.15, 0.2) is 23.5 Å². The number of carbonyl (C=O) groups is 2.